The number of anilines is 1. The first-order chi connectivity index (χ1) is 10.1. The molecule has 0 atom stereocenters. The molecule has 0 heterocycles. The van der Waals surface area contributed by atoms with Crippen LogP contribution >= 0.6 is 0 Å². The zero-order valence-corrected chi connectivity index (χ0v) is 12.0. The topological polar surface area (TPSA) is 92.4 Å². The van der Waals surface area contributed by atoms with Gasteiger partial charge < -0.3 is 16.2 Å². The molecule has 5 nitrogen and oxygen atoms in total. The van der Waals surface area contributed by atoms with Gasteiger partial charge in [-0.15, -0.1) is 0 Å². The smallest absolute Gasteiger partial charge is 0.306 e. The number of nitrogens with two attached hydrogens (primary N) is 1. The Morgan fingerprint density at radius 3 is 2.48 bits per heavy atom. The maximum Gasteiger partial charge on any atom is 0.306 e. The van der Waals surface area contributed by atoms with Crippen LogP contribution in [0.25, 0.3) is 0 Å². The largest absolute Gasteiger partial charge is 0.481 e. The highest BCUT2D eigenvalue weighted by Crippen LogP contribution is 2.24. The van der Waals surface area contributed by atoms with Gasteiger partial charge in [0, 0.05) is 18.2 Å². The number of para-hydroxylation sites is 1. The van der Waals surface area contributed by atoms with Gasteiger partial charge in [0.2, 0.25) is 5.91 Å². The van der Waals surface area contributed by atoms with E-state index < -0.39 is 5.97 Å². The lowest BCUT2D eigenvalue weighted by Crippen LogP contribution is -2.38. The third-order valence-corrected chi connectivity index (χ3v) is 4.12. The van der Waals surface area contributed by atoms with E-state index in [0.29, 0.717) is 31.4 Å². The Hall–Kier alpha value is -2.04. The number of carboxylic acid groups (broad SMARTS) is 1. The van der Waals surface area contributed by atoms with Crippen LogP contribution in [-0.2, 0) is 16.0 Å². The molecule has 1 aromatic carbocycles. The van der Waals surface area contributed by atoms with Crippen LogP contribution in [0.4, 0.5) is 5.69 Å². The van der Waals surface area contributed by atoms with Gasteiger partial charge in [0.05, 0.1) is 5.92 Å². The lowest BCUT2D eigenvalue weighted by atomic mass is 9.86. The molecule has 0 radical (unpaired) electrons. The second-order valence-electron chi connectivity index (χ2n) is 5.65. The highest BCUT2D eigenvalue weighted by atomic mass is 16.4. The van der Waals surface area contributed by atoms with Crippen LogP contribution in [0.2, 0.25) is 0 Å². The van der Waals surface area contributed by atoms with E-state index in [4.69, 9.17) is 10.8 Å². The second kappa shape index (κ2) is 7.11. The summed E-state index contributed by atoms with van der Waals surface area (Å²) in [4.78, 5) is 22.8. The normalized spacial score (nSPS) is 21.7. The summed E-state index contributed by atoms with van der Waals surface area (Å²) in [5, 5.41) is 11.9. The molecule has 1 aromatic rings. The molecule has 4 N–H and O–H groups in total. The van der Waals surface area contributed by atoms with Crippen molar-refractivity contribution in [2.45, 2.75) is 44.6 Å². The first-order valence-electron chi connectivity index (χ1n) is 7.42. The van der Waals surface area contributed by atoms with Crippen molar-refractivity contribution in [1.29, 1.82) is 0 Å². The standard InChI is InChI=1S/C16H22N2O3/c17-14-4-2-1-3-11(14)7-10-15(19)18-13-8-5-12(6-9-13)16(20)21/h1-4,12-13H,5-10,17H2,(H,18,19)(H,20,21). The van der Waals surface area contributed by atoms with Crippen LogP contribution in [-0.4, -0.2) is 23.0 Å². The molecular formula is C16H22N2O3. The molecule has 1 aliphatic carbocycles. The molecule has 0 unspecified atom stereocenters. The van der Waals surface area contributed by atoms with E-state index in [1.54, 1.807) is 0 Å². The van der Waals surface area contributed by atoms with E-state index in [1.807, 2.05) is 24.3 Å². The monoisotopic (exact) mass is 290 g/mol. The van der Waals surface area contributed by atoms with Crippen molar-refractivity contribution < 1.29 is 14.7 Å². The van der Waals surface area contributed by atoms with Gasteiger partial charge in [-0.25, -0.2) is 0 Å². The van der Waals surface area contributed by atoms with Gasteiger partial charge in [-0.05, 0) is 43.7 Å². The lowest BCUT2D eigenvalue weighted by molar-refractivity contribution is -0.142. The molecule has 0 saturated heterocycles. The number of amides is 1. The second-order valence-corrected chi connectivity index (χ2v) is 5.65. The maximum atomic E-state index is 11.9. The lowest BCUT2D eigenvalue weighted by Gasteiger charge is -2.26. The SMILES string of the molecule is Nc1ccccc1CCC(=O)NC1CCC(C(=O)O)CC1. The van der Waals surface area contributed by atoms with Crippen molar-refractivity contribution in [2.75, 3.05) is 5.73 Å². The molecule has 5 heteroatoms. The van der Waals surface area contributed by atoms with Crippen LogP contribution in [0.3, 0.4) is 0 Å². The van der Waals surface area contributed by atoms with Crippen molar-refractivity contribution in [3.8, 4) is 0 Å². The van der Waals surface area contributed by atoms with Gasteiger partial charge in [0.1, 0.15) is 0 Å². The zero-order valence-electron chi connectivity index (χ0n) is 12.0. The van der Waals surface area contributed by atoms with Gasteiger partial charge in [-0.2, -0.15) is 0 Å². The first kappa shape index (κ1) is 15.4. The molecule has 21 heavy (non-hydrogen) atoms. The van der Waals surface area contributed by atoms with E-state index in [2.05, 4.69) is 5.32 Å². The molecule has 1 fully saturated rings. The molecule has 1 amide bonds. The number of benzene rings is 1. The summed E-state index contributed by atoms with van der Waals surface area (Å²) in [5.74, 6) is -0.960. The minimum atomic E-state index is -0.723. The molecular weight excluding hydrogens is 268 g/mol. The summed E-state index contributed by atoms with van der Waals surface area (Å²) in [6.07, 6.45) is 3.82. The van der Waals surface area contributed by atoms with Crippen LogP contribution in [0.1, 0.15) is 37.7 Å². The minimum Gasteiger partial charge on any atom is -0.481 e. The molecule has 0 bridgehead atoms. The van der Waals surface area contributed by atoms with Crippen molar-refractivity contribution >= 4 is 17.6 Å². The van der Waals surface area contributed by atoms with E-state index in [-0.39, 0.29) is 17.9 Å². The highest BCUT2D eigenvalue weighted by molar-refractivity contribution is 5.77. The third-order valence-electron chi connectivity index (χ3n) is 4.12. The van der Waals surface area contributed by atoms with Gasteiger partial charge >= 0.3 is 5.97 Å². The fraction of sp³-hybridized carbons (Fsp3) is 0.500. The van der Waals surface area contributed by atoms with E-state index in [9.17, 15) is 9.59 Å². The maximum absolute atomic E-state index is 11.9. The Morgan fingerprint density at radius 2 is 1.86 bits per heavy atom. The van der Waals surface area contributed by atoms with Crippen molar-refractivity contribution in [3.05, 3.63) is 29.8 Å². The number of carboxylic acids is 1. The Morgan fingerprint density at radius 1 is 1.19 bits per heavy atom. The fourth-order valence-corrected chi connectivity index (χ4v) is 2.79. The van der Waals surface area contributed by atoms with E-state index >= 15 is 0 Å². The molecule has 114 valence electrons. The Balaban J connectivity index is 1.73. The number of carbonyl (C=O) groups excluding carboxylic acids is 1. The predicted octanol–water partition coefficient (Wildman–Crippen LogP) is 1.96. The number of aryl methyl sites for hydroxylation is 1. The summed E-state index contributed by atoms with van der Waals surface area (Å²) in [6, 6.07) is 7.67. The number of hydrogen-bond acceptors (Lipinski definition) is 3. The number of hydrogen-bond donors (Lipinski definition) is 3. The molecule has 1 saturated carbocycles. The Labute approximate surface area is 124 Å². The van der Waals surface area contributed by atoms with Crippen LogP contribution < -0.4 is 11.1 Å². The van der Waals surface area contributed by atoms with Gasteiger partial charge in [0.25, 0.3) is 0 Å². The summed E-state index contributed by atoms with van der Waals surface area (Å²) >= 11 is 0. The quantitative estimate of drug-likeness (QED) is 0.723. The van der Waals surface area contributed by atoms with E-state index in [1.165, 1.54) is 0 Å². The molecule has 0 aromatic heterocycles. The van der Waals surface area contributed by atoms with E-state index in [0.717, 1.165) is 18.4 Å². The molecule has 0 spiro atoms. The average molecular weight is 290 g/mol. The summed E-state index contributed by atoms with van der Waals surface area (Å²) in [5.41, 5.74) is 7.55. The zero-order chi connectivity index (χ0) is 15.2. The van der Waals surface area contributed by atoms with Crippen LogP contribution in [0.5, 0.6) is 0 Å². The Bertz CT molecular complexity index is 508. The number of rotatable bonds is 5. The van der Waals surface area contributed by atoms with Crippen molar-refractivity contribution in [3.63, 3.8) is 0 Å². The number of carbonyl (C=O) groups is 2. The van der Waals surface area contributed by atoms with Crippen LogP contribution in [0, 0.1) is 5.92 Å². The molecule has 0 aliphatic heterocycles. The van der Waals surface area contributed by atoms with Crippen molar-refractivity contribution in [2.24, 2.45) is 5.92 Å². The fourth-order valence-electron chi connectivity index (χ4n) is 2.79. The van der Waals surface area contributed by atoms with Gasteiger partial charge in [-0.3, -0.25) is 9.59 Å². The molecule has 2 rings (SSSR count). The summed E-state index contributed by atoms with van der Waals surface area (Å²) < 4.78 is 0. The first-order valence-corrected chi connectivity index (χ1v) is 7.42. The van der Waals surface area contributed by atoms with Crippen molar-refractivity contribution in [1.82, 2.24) is 5.32 Å². The highest BCUT2D eigenvalue weighted by Gasteiger charge is 2.26. The predicted molar refractivity (Wildman–Crippen MR) is 80.7 cm³/mol. The van der Waals surface area contributed by atoms with Gasteiger partial charge in [-0.1, -0.05) is 18.2 Å². The third kappa shape index (κ3) is 4.48. The summed E-state index contributed by atoms with van der Waals surface area (Å²) in [7, 11) is 0. The van der Waals surface area contributed by atoms with Gasteiger partial charge in [0.15, 0.2) is 0 Å². The average Bonchev–Trinajstić information content (AvgIpc) is 2.47. The number of nitrogens with one attached hydrogen (secondary N) is 1. The number of aliphatic carboxylic acids is 1. The Kier molecular flexibility index (Phi) is 5.20. The van der Waals surface area contributed by atoms with Crippen LogP contribution in [0.15, 0.2) is 24.3 Å². The minimum absolute atomic E-state index is 0.0111. The molecule has 1 aliphatic rings. The number of nitrogen functional groups attached to an aromatic ring is 1. The summed E-state index contributed by atoms with van der Waals surface area (Å²) in [6.45, 7) is 0.